The van der Waals surface area contributed by atoms with Crippen LogP contribution in [0.2, 0.25) is 15.1 Å². The molecule has 0 aliphatic rings. The minimum atomic E-state index is 0.439. The lowest BCUT2D eigenvalue weighted by atomic mass is 10.1. The zero-order chi connectivity index (χ0) is 14.3. The van der Waals surface area contributed by atoms with E-state index in [0.717, 1.165) is 11.1 Å². The van der Waals surface area contributed by atoms with Crippen LogP contribution in [-0.4, -0.2) is 4.98 Å². The Morgan fingerprint density at radius 1 is 1.05 bits per heavy atom. The standard InChI is InChI=1S/C14H7BrCl3NO/c15-6-8-2-1-7(3-10(8)17)14-19-12-5-9(16)4-11(18)13(12)20-14/h1-5H,6H2. The van der Waals surface area contributed by atoms with Crippen LogP contribution >= 0.6 is 50.7 Å². The molecule has 2 aromatic carbocycles. The molecule has 1 heterocycles. The van der Waals surface area contributed by atoms with E-state index in [1.54, 1.807) is 12.1 Å². The van der Waals surface area contributed by atoms with Crippen molar-refractivity contribution in [3.8, 4) is 11.5 Å². The van der Waals surface area contributed by atoms with Crippen LogP contribution < -0.4 is 0 Å². The topological polar surface area (TPSA) is 26.0 Å². The molecule has 2 nitrogen and oxygen atoms in total. The number of rotatable bonds is 2. The first kappa shape index (κ1) is 14.2. The third-order valence-corrected chi connectivity index (χ3v) is 4.31. The number of benzene rings is 2. The molecule has 0 N–H and O–H groups in total. The van der Waals surface area contributed by atoms with Crippen LogP contribution in [0.5, 0.6) is 0 Å². The lowest BCUT2D eigenvalue weighted by molar-refractivity contribution is 0.620. The van der Waals surface area contributed by atoms with Gasteiger partial charge in [-0.3, -0.25) is 0 Å². The molecular weight excluding hydrogens is 384 g/mol. The van der Waals surface area contributed by atoms with Gasteiger partial charge in [0.2, 0.25) is 5.89 Å². The number of alkyl halides is 1. The minimum absolute atomic E-state index is 0.439. The van der Waals surface area contributed by atoms with E-state index in [1.165, 1.54) is 0 Å². The summed E-state index contributed by atoms with van der Waals surface area (Å²) in [6, 6.07) is 8.99. The van der Waals surface area contributed by atoms with Crippen molar-refractivity contribution in [1.82, 2.24) is 4.98 Å². The second-order valence-corrected chi connectivity index (χ2v) is 6.01. The predicted molar refractivity (Wildman–Crippen MR) is 87.1 cm³/mol. The molecule has 0 spiro atoms. The van der Waals surface area contributed by atoms with Gasteiger partial charge in [-0.25, -0.2) is 4.98 Å². The Morgan fingerprint density at radius 2 is 1.85 bits per heavy atom. The number of oxazole rings is 1. The zero-order valence-corrected chi connectivity index (χ0v) is 13.8. The molecule has 0 saturated carbocycles. The highest BCUT2D eigenvalue weighted by Crippen LogP contribution is 2.33. The van der Waals surface area contributed by atoms with Gasteiger partial charge in [-0.2, -0.15) is 0 Å². The Labute approximate surface area is 138 Å². The SMILES string of the molecule is Clc1cc(Cl)c2oc(-c3ccc(CBr)c(Cl)c3)nc2c1. The highest BCUT2D eigenvalue weighted by molar-refractivity contribution is 9.08. The molecule has 0 saturated heterocycles. The zero-order valence-electron chi connectivity index (χ0n) is 9.96. The third-order valence-electron chi connectivity index (χ3n) is 2.85. The second-order valence-electron chi connectivity index (χ2n) is 4.19. The molecule has 0 fully saturated rings. The molecule has 0 atom stereocenters. The van der Waals surface area contributed by atoms with Crippen molar-refractivity contribution in [2.24, 2.45) is 0 Å². The van der Waals surface area contributed by atoms with Crippen LogP contribution in [0.25, 0.3) is 22.6 Å². The molecule has 20 heavy (non-hydrogen) atoms. The van der Waals surface area contributed by atoms with Gasteiger partial charge in [-0.05, 0) is 29.8 Å². The van der Waals surface area contributed by atoms with E-state index in [0.29, 0.717) is 37.4 Å². The monoisotopic (exact) mass is 389 g/mol. The van der Waals surface area contributed by atoms with Crippen LogP contribution in [-0.2, 0) is 5.33 Å². The molecule has 3 rings (SSSR count). The largest absolute Gasteiger partial charge is 0.435 e. The van der Waals surface area contributed by atoms with Gasteiger partial charge in [0.15, 0.2) is 5.58 Å². The number of hydrogen-bond acceptors (Lipinski definition) is 2. The second kappa shape index (κ2) is 5.57. The average Bonchev–Trinajstić information content (AvgIpc) is 2.82. The highest BCUT2D eigenvalue weighted by atomic mass is 79.9. The first-order valence-corrected chi connectivity index (χ1v) is 7.94. The Balaban J connectivity index is 2.15. The van der Waals surface area contributed by atoms with Crippen LogP contribution in [0.4, 0.5) is 0 Å². The first-order valence-electron chi connectivity index (χ1n) is 5.69. The molecule has 0 bridgehead atoms. The molecule has 3 aromatic rings. The van der Waals surface area contributed by atoms with Gasteiger partial charge in [0.25, 0.3) is 0 Å². The normalized spacial score (nSPS) is 11.2. The van der Waals surface area contributed by atoms with E-state index in [2.05, 4.69) is 20.9 Å². The van der Waals surface area contributed by atoms with Crippen molar-refractivity contribution in [1.29, 1.82) is 0 Å². The lowest BCUT2D eigenvalue weighted by Crippen LogP contribution is -1.82. The Bertz CT molecular complexity index is 800. The molecule has 0 aliphatic heterocycles. The summed E-state index contributed by atoms with van der Waals surface area (Å²) in [5, 5.41) is 2.32. The fourth-order valence-electron chi connectivity index (χ4n) is 1.87. The average molecular weight is 391 g/mol. The van der Waals surface area contributed by atoms with Crippen molar-refractivity contribution < 1.29 is 4.42 Å². The third kappa shape index (κ3) is 2.56. The number of hydrogen-bond donors (Lipinski definition) is 0. The summed E-state index contributed by atoms with van der Waals surface area (Å²) in [7, 11) is 0. The van der Waals surface area contributed by atoms with Crippen molar-refractivity contribution in [2.45, 2.75) is 5.33 Å². The van der Waals surface area contributed by atoms with Gasteiger partial charge < -0.3 is 4.42 Å². The van der Waals surface area contributed by atoms with Crippen LogP contribution in [0.15, 0.2) is 34.7 Å². The fraction of sp³-hybridized carbons (Fsp3) is 0.0714. The van der Waals surface area contributed by atoms with Gasteiger partial charge in [-0.1, -0.05) is 56.8 Å². The molecular formula is C14H7BrCl3NO. The predicted octanol–water partition coefficient (Wildman–Crippen LogP) is 6.35. The van der Waals surface area contributed by atoms with Gasteiger partial charge in [0.1, 0.15) is 5.52 Å². The van der Waals surface area contributed by atoms with Crippen LogP contribution in [0.1, 0.15) is 5.56 Å². The maximum atomic E-state index is 6.19. The number of fused-ring (bicyclic) bond motifs is 1. The summed E-state index contributed by atoms with van der Waals surface area (Å²) >= 11 is 21.6. The van der Waals surface area contributed by atoms with E-state index < -0.39 is 0 Å². The van der Waals surface area contributed by atoms with Crippen molar-refractivity contribution >= 4 is 61.8 Å². The van der Waals surface area contributed by atoms with Crippen molar-refractivity contribution in [2.75, 3.05) is 0 Å². The minimum Gasteiger partial charge on any atom is -0.435 e. The maximum Gasteiger partial charge on any atom is 0.227 e. The number of halogens is 4. The Morgan fingerprint density at radius 3 is 2.55 bits per heavy atom. The molecule has 102 valence electrons. The summed E-state index contributed by atoms with van der Waals surface area (Å²) in [6.45, 7) is 0. The van der Waals surface area contributed by atoms with Gasteiger partial charge >= 0.3 is 0 Å². The van der Waals surface area contributed by atoms with Gasteiger partial charge in [0, 0.05) is 20.9 Å². The summed E-state index contributed by atoms with van der Waals surface area (Å²) in [5.41, 5.74) is 2.95. The smallest absolute Gasteiger partial charge is 0.227 e. The number of aromatic nitrogens is 1. The van der Waals surface area contributed by atoms with Crippen LogP contribution in [0.3, 0.4) is 0 Å². The van der Waals surface area contributed by atoms with E-state index in [4.69, 9.17) is 39.2 Å². The summed E-state index contributed by atoms with van der Waals surface area (Å²) in [6.07, 6.45) is 0. The molecule has 0 radical (unpaired) electrons. The first-order chi connectivity index (χ1) is 9.58. The molecule has 0 aliphatic carbocycles. The molecule has 1 aromatic heterocycles. The van der Waals surface area contributed by atoms with Crippen molar-refractivity contribution in [3.63, 3.8) is 0 Å². The summed E-state index contributed by atoms with van der Waals surface area (Å²) < 4.78 is 5.70. The maximum absolute atomic E-state index is 6.19. The van der Waals surface area contributed by atoms with Crippen molar-refractivity contribution in [3.05, 3.63) is 51.0 Å². The summed E-state index contributed by atoms with van der Waals surface area (Å²) in [5.74, 6) is 0.465. The molecule has 0 unspecified atom stereocenters. The Kier molecular flexibility index (Phi) is 3.95. The van der Waals surface area contributed by atoms with E-state index >= 15 is 0 Å². The Hall–Kier alpha value is -0.740. The van der Waals surface area contributed by atoms with Crippen LogP contribution in [0, 0.1) is 0 Å². The van der Waals surface area contributed by atoms with Gasteiger partial charge in [0.05, 0.1) is 5.02 Å². The van der Waals surface area contributed by atoms with Gasteiger partial charge in [-0.15, -0.1) is 0 Å². The number of nitrogens with zero attached hydrogens (tertiary/aromatic N) is 1. The lowest BCUT2D eigenvalue weighted by Gasteiger charge is -2.01. The fourth-order valence-corrected chi connectivity index (χ4v) is 3.29. The molecule has 6 heteroatoms. The van der Waals surface area contributed by atoms with E-state index in [9.17, 15) is 0 Å². The quantitative estimate of drug-likeness (QED) is 0.476. The molecule has 0 amide bonds. The highest BCUT2D eigenvalue weighted by Gasteiger charge is 2.13. The van der Waals surface area contributed by atoms with E-state index in [1.807, 2.05) is 18.2 Å². The summed E-state index contributed by atoms with van der Waals surface area (Å²) in [4.78, 5) is 4.40. The van der Waals surface area contributed by atoms with E-state index in [-0.39, 0.29) is 0 Å².